The number of amides is 2. The van der Waals surface area contributed by atoms with Crippen LogP contribution < -0.4 is 14.4 Å². The molecular weight excluding hydrogens is 502 g/mol. The summed E-state index contributed by atoms with van der Waals surface area (Å²) in [4.78, 5) is 28.2. The third-order valence-electron chi connectivity index (χ3n) is 6.42. The van der Waals surface area contributed by atoms with Gasteiger partial charge in [-0.3, -0.25) is 13.9 Å². The molecule has 0 bridgehead atoms. The van der Waals surface area contributed by atoms with Gasteiger partial charge in [-0.2, -0.15) is 0 Å². The lowest BCUT2D eigenvalue weighted by atomic mass is 9.95. The van der Waals surface area contributed by atoms with Gasteiger partial charge in [0.2, 0.25) is 21.8 Å². The Hall–Kier alpha value is -2.78. The Morgan fingerprint density at radius 3 is 2.36 bits per heavy atom. The average Bonchev–Trinajstić information content (AvgIpc) is 2.85. The number of carbonyl (C=O) groups is 2. The van der Waals surface area contributed by atoms with E-state index < -0.39 is 28.5 Å². The van der Waals surface area contributed by atoms with Crippen LogP contribution in [0.25, 0.3) is 0 Å². The predicted octanol–water partition coefficient (Wildman–Crippen LogP) is 3.98. The van der Waals surface area contributed by atoms with Gasteiger partial charge in [0.25, 0.3) is 0 Å². The minimum Gasteiger partial charge on any atom is -0.495 e. The first-order valence-electron chi connectivity index (χ1n) is 12.0. The maximum atomic E-state index is 13.6. The van der Waals surface area contributed by atoms with Gasteiger partial charge in [-0.1, -0.05) is 61.2 Å². The Kier molecular flexibility index (Phi) is 9.62. The van der Waals surface area contributed by atoms with Crippen molar-refractivity contribution in [1.29, 1.82) is 0 Å². The first-order valence-corrected chi connectivity index (χ1v) is 14.3. The first kappa shape index (κ1) is 27.8. The van der Waals surface area contributed by atoms with Crippen LogP contribution in [-0.2, 0) is 26.2 Å². The van der Waals surface area contributed by atoms with Gasteiger partial charge in [0.05, 0.1) is 24.1 Å². The zero-order valence-electron chi connectivity index (χ0n) is 20.9. The highest BCUT2D eigenvalue weighted by Gasteiger charge is 2.31. The van der Waals surface area contributed by atoms with Crippen molar-refractivity contribution < 1.29 is 22.7 Å². The van der Waals surface area contributed by atoms with Gasteiger partial charge in [-0.25, -0.2) is 8.42 Å². The number of carbonyl (C=O) groups excluding carboxylic acids is 2. The molecule has 1 aliphatic rings. The zero-order chi connectivity index (χ0) is 26.3. The lowest BCUT2D eigenvalue weighted by molar-refractivity contribution is -0.139. The van der Waals surface area contributed by atoms with Crippen LogP contribution in [0.2, 0.25) is 5.02 Å². The molecule has 10 heteroatoms. The quantitative estimate of drug-likeness (QED) is 0.496. The van der Waals surface area contributed by atoms with Gasteiger partial charge in [-0.15, -0.1) is 0 Å². The number of hydrogen-bond donors (Lipinski definition) is 1. The van der Waals surface area contributed by atoms with Gasteiger partial charge in [0, 0.05) is 12.6 Å². The summed E-state index contributed by atoms with van der Waals surface area (Å²) >= 11 is 6.22. The summed E-state index contributed by atoms with van der Waals surface area (Å²) in [6.45, 7) is 1.36. The molecule has 1 saturated carbocycles. The minimum absolute atomic E-state index is 0.0938. The Bertz CT molecular complexity index is 1150. The fourth-order valence-electron chi connectivity index (χ4n) is 4.36. The lowest BCUT2D eigenvalue weighted by Crippen LogP contribution is -2.52. The van der Waals surface area contributed by atoms with E-state index in [9.17, 15) is 18.0 Å². The molecule has 2 aromatic rings. The smallest absolute Gasteiger partial charge is 0.244 e. The molecule has 2 amide bonds. The summed E-state index contributed by atoms with van der Waals surface area (Å²) in [6, 6.07) is 13.1. The van der Waals surface area contributed by atoms with Crippen LogP contribution in [0.3, 0.4) is 0 Å². The topological polar surface area (TPSA) is 96.0 Å². The second-order valence-electron chi connectivity index (χ2n) is 9.12. The summed E-state index contributed by atoms with van der Waals surface area (Å²) in [5, 5.41) is 3.30. The number of anilines is 1. The Morgan fingerprint density at radius 2 is 1.78 bits per heavy atom. The average molecular weight is 536 g/mol. The van der Waals surface area contributed by atoms with Crippen molar-refractivity contribution in [2.24, 2.45) is 0 Å². The van der Waals surface area contributed by atoms with E-state index in [0.29, 0.717) is 5.75 Å². The molecule has 196 valence electrons. The molecule has 0 spiro atoms. The number of halogens is 1. The highest BCUT2D eigenvalue weighted by molar-refractivity contribution is 7.92. The van der Waals surface area contributed by atoms with Crippen LogP contribution in [-0.4, -0.2) is 57.1 Å². The Labute approximate surface area is 218 Å². The normalized spacial score (nSPS) is 15.1. The molecule has 2 aromatic carbocycles. The van der Waals surface area contributed by atoms with Crippen molar-refractivity contribution in [1.82, 2.24) is 10.2 Å². The summed E-state index contributed by atoms with van der Waals surface area (Å²) in [5.74, 6) is -0.356. The highest BCUT2D eigenvalue weighted by atomic mass is 35.5. The maximum Gasteiger partial charge on any atom is 0.244 e. The van der Waals surface area contributed by atoms with Crippen LogP contribution in [0.5, 0.6) is 5.75 Å². The largest absolute Gasteiger partial charge is 0.495 e. The van der Waals surface area contributed by atoms with Crippen molar-refractivity contribution in [3.05, 3.63) is 59.1 Å². The molecule has 0 aromatic heterocycles. The van der Waals surface area contributed by atoms with E-state index in [1.807, 2.05) is 30.3 Å². The number of benzene rings is 2. The third-order valence-corrected chi connectivity index (χ3v) is 7.85. The summed E-state index contributed by atoms with van der Waals surface area (Å²) < 4.78 is 31.5. The minimum atomic E-state index is -3.84. The molecule has 3 rings (SSSR count). The van der Waals surface area contributed by atoms with Crippen molar-refractivity contribution in [2.45, 2.75) is 57.7 Å². The second kappa shape index (κ2) is 12.5. The molecule has 1 fully saturated rings. The van der Waals surface area contributed by atoms with Crippen LogP contribution in [0.15, 0.2) is 48.5 Å². The predicted molar refractivity (Wildman–Crippen MR) is 142 cm³/mol. The van der Waals surface area contributed by atoms with E-state index in [1.54, 1.807) is 13.0 Å². The fraction of sp³-hybridized carbons (Fsp3) is 0.462. The highest BCUT2D eigenvalue weighted by Crippen LogP contribution is 2.30. The second-order valence-corrected chi connectivity index (χ2v) is 11.4. The number of hydrogen-bond acceptors (Lipinski definition) is 5. The lowest BCUT2D eigenvalue weighted by Gasteiger charge is -2.33. The van der Waals surface area contributed by atoms with Crippen LogP contribution in [0.4, 0.5) is 5.69 Å². The van der Waals surface area contributed by atoms with Gasteiger partial charge in [0.1, 0.15) is 18.3 Å². The van der Waals surface area contributed by atoms with Crippen molar-refractivity contribution >= 4 is 39.1 Å². The van der Waals surface area contributed by atoms with Crippen molar-refractivity contribution in [3.8, 4) is 5.75 Å². The molecule has 0 radical (unpaired) electrons. The van der Waals surface area contributed by atoms with Gasteiger partial charge >= 0.3 is 0 Å². The van der Waals surface area contributed by atoms with E-state index in [1.165, 1.54) is 24.1 Å². The SMILES string of the molecule is COc1ccc(N(CC(=O)N(Cc2ccccc2)[C@@H](C)C(=O)NC2CCCCC2)S(C)(=O)=O)cc1Cl. The molecule has 0 aliphatic heterocycles. The number of rotatable bonds is 10. The van der Waals surface area contributed by atoms with Gasteiger partial charge < -0.3 is 15.0 Å². The standard InChI is InChI=1S/C26H34ClN3O5S/c1-19(26(32)28-21-12-8-5-9-13-21)29(17-20-10-6-4-7-11-20)25(31)18-30(36(3,33)34)22-14-15-24(35-2)23(27)16-22/h4,6-7,10-11,14-16,19,21H,5,8-9,12-13,17-18H2,1-3H3,(H,28,32)/t19-/m0/s1. The van der Waals surface area contributed by atoms with Crippen molar-refractivity contribution in [3.63, 3.8) is 0 Å². The van der Waals surface area contributed by atoms with E-state index in [0.717, 1.165) is 48.2 Å². The zero-order valence-corrected chi connectivity index (χ0v) is 22.5. The van der Waals surface area contributed by atoms with E-state index in [4.69, 9.17) is 16.3 Å². The molecule has 1 N–H and O–H groups in total. The molecular formula is C26H34ClN3O5S. The number of ether oxygens (including phenoxy) is 1. The van der Waals surface area contributed by atoms with Gasteiger partial charge in [-0.05, 0) is 43.5 Å². The summed E-state index contributed by atoms with van der Waals surface area (Å²) in [7, 11) is -2.38. The monoisotopic (exact) mass is 535 g/mol. The van der Waals surface area contributed by atoms with Crippen LogP contribution in [0.1, 0.15) is 44.6 Å². The fourth-order valence-corrected chi connectivity index (χ4v) is 5.45. The Morgan fingerprint density at radius 1 is 1.11 bits per heavy atom. The molecule has 0 saturated heterocycles. The first-order chi connectivity index (χ1) is 17.1. The van der Waals surface area contributed by atoms with Crippen molar-refractivity contribution in [2.75, 3.05) is 24.2 Å². The molecule has 1 aliphatic carbocycles. The van der Waals surface area contributed by atoms with E-state index in [2.05, 4.69) is 5.32 Å². The maximum absolute atomic E-state index is 13.6. The number of nitrogens with zero attached hydrogens (tertiary/aromatic N) is 2. The van der Waals surface area contributed by atoms with Crippen LogP contribution in [0, 0.1) is 0 Å². The Balaban J connectivity index is 1.86. The summed E-state index contributed by atoms with van der Waals surface area (Å²) in [5.41, 5.74) is 1.07. The third kappa shape index (κ3) is 7.36. The van der Waals surface area contributed by atoms with E-state index >= 15 is 0 Å². The number of sulfonamides is 1. The molecule has 0 unspecified atom stereocenters. The van der Waals surface area contributed by atoms with Crippen LogP contribution >= 0.6 is 11.6 Å². The molecule has 36 heavy (non-hydrogen) atoms. The molecule has 1 atom stereocenters. The van der Waals surface area contributed by atoms with Gasteiger partial charge in [0.15, 0.2) is 0 Å². The number of methoxy groups -OCH3 is 1. The van der Waals surface area contributed by atoms with E-state index in [-0.39, 0.29) is 29.2 Å². The molecule has 0 heterocycles. The molecule has 8 nitrogen and oxygen atoms in total. The number of nitrogens with one attached hydrogen (secondary N) is 1. The summed E-state index contributed by atoms with van der Waals surface area (Å²) in [6.07, 6.45) is 6.17.